The lowest BCUT2D eigenvalue weighted by molar-refractivity contribution is 0.0217. The SMILES string of the molecule is CN1CC(Cc2cnc(Nc3ncc(-c4ccnc(OC5CCOCC5)n4)s3)nc2)C1. The van der Waals surface area contributed by atoms with Gasteiger partial charge in [0.15, 0.2) is 5.13 Å². The van der Waals surface area contributed by atoms with E-state index in [1.165, 1.54) is 16.9 Å². The van der Waals surface area contributed by atoms with Crippen molar-refractivity contribution in [2.75, 3.05) is 38.7 Å². The second-order valence-electron chi connectivity index (χ2n) is 8.01. The van der Waals surface area contributed by atoms with Crippen LogP contribution in [0, 0.1) is 5.92 Å². The van der Waals surface area contributed by atoms with Crippen LogP contribution in [-0.4, -0.2) is 69.3 Å². The Bertz CT molecular complexity index is 1000. The number of nitrogens with one attached hydrogen (secondary N) is 1. The van der Waals surface area contributed by atoms with Gasteiger partial charge in [-0.2, -0.15) is 4.98 Å². The average molecular weight is 440 g/mol. The van der Waals surface area contributed by atoms with Crippen molar-refractivity contribution in [3.8, 4) is 16.6 Å². The van der Waals surface area contributed by atoms with Crippen LogP contribution < -0.4 is 10.1 Å². The highest BCUT2D eigenvalue weighted by atomic mass is 32.1. The van der Waals surface area contributed by atoms with Crippen LogP contribution in [0.15, 0.2) is 30.9 Å². The standard InChI is InChI=1S/C21H25N7O2S/c1-28-12-15(13-28)8-14-9-23-19(24-10-14)27-21-25-11-18(31-21)17-2-5-22-20(26-17)30-16-3-6-29-7-4-16/h2,5,9-11,15-16H,3-4,6-8,12-13H2,1H3,(H,23,24,25,27). The predicted molar refractivity (Wildman–Crippen MR) is 118 cm³/mol. The summed E-state index contributed by atoms with van der Waals surface area (Å²) in [4.78, 5) is 25.4. The average Bonchev–Trinajstić information content (AvgIpc) is 3.23. The first-order valence-electron chi connectivity index (χ1n) is 10.5. The molecule has 2 aliphatic rings. The molecule has 9 nitrogen and oxygen atoms in total. The molecular weight excluding hydrogens is 414 g/mol. The third kappa shape index (κ3) is 5.15. The van der Waals surface area contributed by atoms with Gasteiger partial charge in [0.2, 0.25) is 5.95 Å². The van der Waals surface area contributed by atoms with Gasteiger partial charge < -0.3 is 19.7 Å². The van der Waals surface area contributed by atoms with E-state index < -0.39 is 0 Å². The van der Waals surface area contributed by atoms with Crippen molar-refractivity contribution in [1.29, 1.82) is 0 Å². The number of ether oxygens (including phenoxy) is 2. The minimum absolute atomic E-state index is 0.105. The molecule has 5 heterocycles. The fraction of sp³-hybridized carbons (Fsp3) is 0.476. The molecule has 0 amide bonds. The van der Waals surface area contributed by atoms with E-state index in [9.17, 15) is 0 Å². The molecule has 3 aromatic heterocycles. The maximum absolute atomic E-state index is 5.92. The topological polar surface area (TPSA) is 98.2 Å². The molecule has 3 aromatic rings. The summed E-state index contributed by atoms with van der Waals surface area (Å²) in [6.07, 6.45) is 10.1. The molecule has 31 heavy (non-hydrogen) atoms. The highest BCUT2D eigenvalue weighted by Crippen LogP contribution is 2.29. The smallest absolute Gasteiger partial charge is 0.317 e. The van der Waals surface area contributed by atoms with Gasteiger partial charge in [-0.3, -0.25) is 0 Å². The zero-order chi connectivity index (χ0) is 21.0. The fourth-order valence-corrected chi connectivity index (χ4v) is 4.62. The van der Waals surface area contributed by atoms with Gasteiger partial charge in [-0.1, -0.05) is 11.3 Å². The van der Waals surface area contributed by atoms with Gasteiger partial charge in [0.25, 0.3) is 0 Å². The molecule has 2 fully saturated rings. The molecule has 0 aliphatic carbocycles. The molecular formula is C21H25N7O2S. The predicted octanol–water partition coefficient (Wildman–Crippen LogP) is 2.80. The summed E-state index contributed by atoms with van der Waals surface area (Å²) >= 11 is 1.49. The molecule has 0 atom stereocenters. The fourth-order valence-electron chi connectivity index (χ4n) is 3.84. The number of likely N-dealkylation sites (tertiary alicyclic amines) is 1. The number of rotatable bonds is 7. The summed E-state index contributed by atoms with van der Waals surface area (Å²) in [5.74, 6) is 1.25. The van der Waals surface area contributed by atoms with Gasteiger partial charge in [-0.15, -0.1) is 0 Å². The van der Waals surface area contributed by atoms with Gasteiger partial charge >= 0.3 is 6.01 Å². The minimum atomic E-state index is 0.105. The van der Waals surface area contributed by atoms with E-state index in [1.807, 2.05) is 18.5 Å². The Morgan fingerprint density at radius 1 is 1.13 bits per heavy atom. The summed E-state index contributed by atoms with van der Waals surface area (Å²) < 4.78 is 11.3. The van der Waals surface area contributed by atoms with Crippen LogP contribution in [0.2, 0.25) is 0 Å². The first kappa shape index (κ1) is 20.2. The molecule has 0 unspecified atom stereocenters. The molecule has 0 radical (unpaired) electrons. The number of anilines is 2. The molecule has 2 aliphatic heterocycles. The van der Waals surface area contributed by atoms with Crippen molar-refractivity contribution in [2.45, 2.75) is 25.4 Å². The lowest BCUT2D eigenvalue weighted by Crippen LogP contribution is -2.44. The van der Waals surface area contributed by atoms with Gasteiger partial charge in [0.1, 0.15) is 6.10 Å². The van der Waals surface area contributed by atoms with Crippen LogP contribution >= 0.6 is 11.3 Å². The summed E-state index contributed by atoms with van der Waals surface area (Å²) in [5.41, 5.74) is 1.95. The molecule has 10 heteroatoms. The third-order valence-electron chi connectivity index (χ3n) is 5.42. The second-order valence-corrected chi connectivity index (χ2v) is 9.05. The van der Waals surface area contributed by atoms with Crippen molar-refractivity contribution >= 4 is 22.4 Å². The zero-order valence-electron chi connectivity index (χ0n) is 17.4. The maximum atomic E-state index is 5.92. The quantitative estimate of drug-likeness (QED) is 0.596. The zero-order valence-corrected chi connectivity index (χ0v) is 18.2. The first-order valence-corrected chi connectivity index (χ1v) is 11.3. The second kappa shape index (κ2) is 9.21. The first-order chi connectivity index (χ1) is 15.2. The van der Waals surface area contributed by atoms with Gasteiger partial charge in [-0.25, -0.2) is 19.9 Å². The molecule has 0 aromatic carbocycles. The van der Waals surface area contributed by atoms with E-state index in [0.29, 0.717) is 23.0 Å². The number of hydrogen-bond donors (Lipinski definition) is 1. The monoisotopic (exact) mass is 439 g/mol. The van der Waals surface area contributed by atoms with Crippen LogP contribution in [0.4, 0.5) is 11.1 Å². The molecule has 0 spiro atoms. The van der Waals surface area contributed by atoms with E-state index >= 15 is 0 Å². The van der Waals surface area contributed by atoms with E-state index in [0.717, 1.165) is 56.1 Å². The van der Waals surface area contributed by atoms with Crippen LogP contribution in [0.5, 0.6) is 6.01 Å². The third-order valence-corrected chi connectivity index (χ3v) is 6.36. The molecule has 5 rings (SSSR count). The number of nitrogens with zero attached hydrogens (tertiary/aromatic N) is 6. The lowest BCUT2D eigenvalue weighted by Gasteiger charge is -2.36. The Hall–Kier alpha value is -2.69. The Morgan fingerprint density at radius 2 is 1.94 bits per heavy atom. The van der Waals surface area contributed by atoms with E-state index in [1.54, 1.807) is 12.4 Å². The Balaban J connectivity index is 1.20. The molecule has 162 valence electrons. The van der Waals surface area contributed by atoms with Gasteiger partial charge in [0, 0.05) is 50.7 Å². The van der Waals surface area contributed by atoms with Crippen molar-refractivity contribution in [2.24, 2.45) is 5.92 Å². The van der Waals surface area contributed by atoms with Crippen molar-refractivity contribution < 1.29 is 9.47 Å². The van der Waals surface area contributed by atoms with Gasteiger partial charge in [-0.05, 0) is 31.0 Å². The lowest BCUT2D eigenvalue weighted by atomic mass is 9.94. The van der Waals surface area contributed by atoms with Crippen LogP contribution in [0.25, 0.3) is 10.6 Å². The van der Waals surface area contributed by atoms with Gasteiger partial charge in [0.05, 0.1) is 23.8 Å². The molecule has 0 saturated carbocycles. The van der Waals surface area contributed by atoms with Crippen molar-refractivity contribution in [3.05, 3.63) is 36.4 Å². The van der Waals surface area contributed by atoms with Crippen LogP contribution in [0.3, 0.4) is 0 Å². The molecule has 1 N–H and O–H groups in total. The normalized spacial score (nSPS) is 18.0. The Kier molecular flexibility index (Phi) is 6.01. The van der Waals surface area contributed by atoms with Crippen LogP contribution in [0.1, 0.15) is 18.4 Å². The molecule has 2 saturated heterocycles. The minimum Gasteiger partial charge on any atom is -0.460 e. The van der Waals surface area contributed by atoms with E-state index in [2.05, 4.69) is 42.2 Å². The Morgan fingerprint density at radius 3 is 2.71 bits per heavy atom. The van der Waals surface area contributed by atoms with E-state index in [-0.39, 0.29) is 6.10 Å². The number of hydrogen-bond acceptors (Lipinski definition) is 10. The number of thiazole rings is 1. The number of aromatic nitrogens is 5. The van der Waals surface area contributed by atoms with Crippen molar-refractivity contribution in [3.63, 3.8) is 0 Å². The van der Waals surface area contributed by atoms with E-state index in [4.69, 9.17) is 9.47 Å². The molecule has 0 bridgehead atoms. The Labute approximate surface area is 184 Å². The highest BCUT2D eigenvalue weighted by molar-refractivity contribution is 7.18. The summed E-state index contributed by atoms with van der Waals surface area (Å²) in [6.45, 7) is 3.73. The highest BCUT2D eigenvalue weighted by Gasteiger charge is 2.23. The maximum Gasteiger partial charge on any atom is 0.317 e. The summed E-state index contributed by atoms with van der Waals surface area (Å²) in [7, 11) is 2.14. The summed E-state index contributed by atoms with van der Waals surface area (Å²) in [5, 5.41) is 3.89. The van der Waals surface area contributed by atoms with Crippen LogP contribution in [-0.2, 0) is 11.2 Å². The van der Waals surface area contributed by atoms with Crippen molar-refractivity contribution in [1.82, 2.24) is 29.8 Å². The largest absolute Gasteiger partial charge is 0.460 e. The summed E-state index contributed by atoms with van der Waals surface area (Å²) in [6, 6.07) is 2.25.